The summed E-state index contributed by atoms with van der Waals surface area (Å²) in [6, 6.07) is 0. The van der Waals surface area contributed by atoms with Gasteiger partial charge in [-0.05, 0) is 25.3 Å². The molecule has 2 spiro atoms. The molecular formula is C17H24O5. The number of aliphatic hydroxyl groups excluding tert-OH is 3. The van der Waals surface area contributed by atoms with E-state index in [1.807, 2.05) is 13.0 Å². The molecule has 0 bridgehead atoms. The van der Waals surface area contributed by atoms with Crippen molar-refractivity contribution in [2.45, 2.75) is 69.7 Å². The highest BCUT2D eigenvalue weighted by Gasteiger charge is 3.03. The van der Waals surface area contributed by atoms with Gasteiger partial charge in [0.25, 0.3) is 0 Å². The molecule has 5 heteroatoms. The molecule has 2 saturated heterocycles. The summed E-state index contributed by atoms with van der Waals surface area (Å²) in [6.45, 7) is 6.71. The van der Waals surface area contributed by atoms with Gasteiger partial charge in [0.15, 0.2) is 0 Å². The minimum atomic E-state index is -0.793. The molecule has 5 rings (SSSR count). The highest BCUT2D eigenvalue weighted by Crippen LogP contribution is 2.89. The summed E-state index contributed by atoms with van der Waals surface area (Å²) in [5, 5.41) is 31.8. The highest BCUT2D eigenvalue weighted by atomic mass is 16.7. The Morgan fingerprint density at radius 2 is 1.95 bits per heavy atom. The minimum Gasteiger partial charge on any atom is -0.390 e. The molecule has 5 nitrogen and oxygen atoms in total. The fraction of sp³-hybridized carbons (Fsp3) is 0.882. The van der Waals surface area contributed by atoms with E-state index in [-0.39, 0.29) is 17.6 Å². The molecule has 2 saturated carbocycles. The predicted octanol–water partition coefficient (Wildman–Crippen LogP) is 0.372. The molecule has 2 heterocycles. The molecule has 9 atom stereocenters. The van der Waals surface area contributed by atoms with Crippen LogP contribution in [-0.2, 0) is 9.47 Å². The van der Waals surface area contributed by atoms with Crippen molar-refractivity contribution in [1.29, 1.82) is 0 Å². The van der Waals surface area contributed by atoms with Crippen LogP contribution in [0.1, 0.15) is 33.6 Å². The monoisotopic (exact) mass is 308 g/mol. The molecule has 2 unspecified atom stereocenters. The first kappa shape index (κ1) is 13.9. The van der Waals surface area contributed by atoms with Crippen LogP contribution < -0.4 is 0 Å². The Kier molecular flexibility index (Phi) is 2.20. The van der Waals surface area contributed by atoms with E-state index < -0.39 is 34.7 Å². The van der Waals surface area contributed by atoms with Crippen LogP contribution in [0.25, 0.3) is 0 Å². The summed E-state index contributed by atoms with van der Waals surface area (Å²) in [4.78, 5) is 0. The first-order chi connectivity index (χ1) is 10.3. The molecule has 122 valence electrons. The zero-order valence-electron chi connectivity index (χ0n) is 13.2. The zero-order valence-corrected chi connectivity index (χ0v) is 13.2. The third kappa shape index (κ3) is 0.962. The topological polar surface area (TPSA) is 82.5 Å². The van der Waals surface area contributed by atoms with Crippen molar-refractivity contribution in [2.75, 3.05) is 6.61 Å². The summed E-state index contributed by atoms with van der Waals surface area (Å²) >= 11 is 0. The van der Waals surface area contributed by atoms with Gasteiger partial charge in [0, 0.05) is 10.8 Å². The molecule has 0 radical (unpaired) electrons. The fourth-order valence-electron chi connectivity index (χ4n) is 6.69. The standard InChI is InChI=1S/C17H24O5/c1-4-15-6-9(18)8(2)5-10(15)22-13-16(7-21-16)17(13)12(20)11(19)14(15,17)3/h5,9-13,18-20H,4,6-7H2,1-3H3/t9-,10+,11+,12+,13-,14+,15-,16?,17?/m0/s1. The van der Waals surface area contributed by atoms with Crippen LogP contribution in [0.2, 0.25) is 0 Å². The van der Waals surface area contributed by atoms with Crippen molar-refractivity contribution in [2.24, 2.45) is 16.2 Å². The average molecular weight is 308 g/mol. The van der Waals surface area contributed by atoms with Crippen molar-refractivity contribution in [1.82, 2.24) is 0 Å². The summed E-state index contributed by atoms with van der Waals surface area (Å²) in [7, 11) is 0. The van der Waals surface area contributed by atoms with E-state index in [1.165, 1.54) is 0 Å². The molecule has 22 heavy (non-hydrogen) atoms. The lowest BCUT2D eigenvalue weighted by Crippen LogP contribution is -2.78. The SMILES string of the molecule is CC[C@]12C[C@H](O)C(C)=C[C@H]1O[C@H]1C3(CO3)C13[C@H](O)[C@@H](O)[C@@]32C. The normalized spacial score (nSPS) is 67.5. The Balaban J connectivity index is 1.71. The van der Waals surface area contributed by atoms with Crippen molar-refractivity contribution < 1.29 is 24.8 Å². The Bertz CT molecular complexity index is 598. The fourth-order valence-corrected chi connectivity index (χ4v) is 6.69. The van der Waals surface area contributed by atoms with E-state index in [9.17, 15) is 15.3 Å². The third-order valence-corrected chi connectivity index (χ3v) is 8.12. The molecule has 0 aromatic rings. The van der Waals surface area contributed by atoms with Gasteiger partial charge in [0.1, 0.15) is 11.7 Å². The Hall–Kier alpha value is -0.460. The smallest absolute Gasteiger partial charge is 0.130 e. The molecular weight excluding hydrogens is 284 g/mol. The number of epoxide rings is 1. The van der Waals surface area contributed by atoms with E-state index in [1.54, 1.807) is 0 Å². The lowest BCUT2D eigenvalue weighted by Gasteiger charge is -2.70. The van der Waals surface area contributed by atoms with Gasteiger partial charge in [-0.2, -0.15) is 0 Å². The van der Waals surface area contributed by atoms with E-state index in [2.05, 4.69) is 13.8 Å². The summed E-state index contributed by atoms with van der Waals surface area (Å²) < 4.78 is 12.1. The quantitative estimate of drug-likeness (QED) is 0.482. The van der Waals surface area contributed by atoms with Gasteiger partial charge >= 0.3 is 0 Å². The van der Waals surface area contributed by atoms with Gasteiger partial charge in [-0.15, -0.1) is 0 Å². The van der Waals surface area contributed by atoms with E-state index in [4.69, 9.17) is 9.47 Å². The molecule has 3 N–H and O–H groups in total. The van der Waals surface area contributed by atoms with Crippen molar-refractivity contribution >= 4 is 0 Å². The highest BCUT2D eigenvalue weighted by molar-refractivity contribution is 5.50. The maximum Gasteiger partial charge on any atom is 0.130 e. The van der Waals surface area contributed by atoms with E-state index in [0.29, 0.717) is 13.0 Å². The van der Waals surface area contributed by atoms with Crippen LogP contribution in [0.3, 0.4) is 0 Å². The minimum absolute atomic E-state index is 0.130. The molecule has 2 aliphatic heterocycles. The second-order valence-electron chi connectivity index (χ2n) is 8.22. The Morgan fingerprint density at radius 1 is 1.27 bits per heavy atom. The first-order valence-electron chi connectivity index (χ1n) is 8.35. The largest absolute Gasteiger partial charge is 0.390 e. The molecule has 0 aromatic heterocycles. The van der Waals surface area contributed by atoms with Crippen molar-refractivity contribution in [3.8, 4) is 0 Å². The second-order valence-corrected chi connectivity index (χ2v) is 8.22. The summed E-state index contributed by atoms with van der Waals surface area (Å²) in [6.07, 6.45) is 1.04. The maximum absolute atomic E-state index is 10.7. The third-order valence-electron chi connectivity index (χ3n) is 8.12. The number of rotatable bonds is 1. The van der Waals surface area contributed by atoms with Gasteiger partial charge in [0.2, 0.25) is 0 Å². The number of hydrogen-bond acceptors (Lipinski definition) is 5. The second kappa shape index (κ2) is 3.47. The van der Waals surface area contributed by atoms with Gasteiger partial charge in [0.05, 0.1) is 36.4 Å². The average Bonchev–Trinajstić information content (AvgIpc) is 3.40. The van der Waals surface area contributed by atoms with E-state index >= 15 is 0 Å². The summed E-state index contributed by atoms with van der Waals surface area (Å²) in [5.74, 6) is 0. The number of fused-ring (bicyclic) bond motifs is 3. The molecule has 4 fully saturated rings. The number of hydrogen-bond donors (Lipinski definition) is 3. The Morgan fingerprint density at radius 3 is 2.55 bits per heavy atom. The number of ether oxygens (including phenoxy) is 2. The van der Waals surface area contributed by atoms with Gasteiger partial charge in [-0.25, -0.2) is 0 Å². The van der Waals surface area contributed by atoms with Crippen LogP contribution in [0.4, 0.5) is 0 Å². The summed E-state index contributed by atoms with van der Waals surface area (Å²) in [5.41, 5.74) is -0.810. The van der Waals surface area contributed by atoms with Crippen LogP contribution in [0.15, 0.2) is 11.6 Å². The van der Waals surface area contributed by atoms with Gasteiger partial charge < -0.3 is 24.8 Å². The van der Waals surface area contributed by atoms with Crippen LogP contribution in [0, 0.1) is 16.2 Å². The lowest BCUT2D eigenvalue weighted by molar-refractivity contribution is -0.340. The zero-order chi connectivity index (χ0) is 15.7. The van der Waals surface area contributed by atoms with E-state index in [0.717, 1.165) is 12.0 Å². The molecule has 0 aromatic carbocycles. The maximum atomic E-state index is 10.7. The van der Waals surface area contributed by atoms with Crippen LogP contribution >= 0.6 is 0 Å². The van der Waals surface area contributed by atoms with Crippen molar-refractivity contribution in [3.05, 3.63) is 11.6 Å². The lowest BCUT2D eigenvalue weighted by atomic mass is 9.38. The molecule has 5 aliphatic rings. The van der Waals surface area contributed by atoms with Gasteiger partial charge in [-0.3, -0.25) is 0 Å². The van der Waals surface area contributed by atoms with Crippen LogP contribution in [-0.4, -0.2) is 58.0 Å². The predicted molar refractivity (Wildman–Crippen MR) is 77.0 cm³/mol. The first-order valence-corrected chi connectivity index (χ1v) is 8.35. The van der Waals surface area contributed by atoms with Gasteiger partial charge in [-0.1, -0.05) is 19.9 Å². The number of aliphatic hydroxyl groups is 3. The Labute approximate surface area is 129 Å². The molecule has 0 amide bonds. The van der Waals surface area contributed by atoms with Crippen molar-refractivity contribution in [3.63, 3.8) is 0 Å². The molecule has 3 aliphatic carbocycles. The van der Waals surface area contributed by atoms with Crippen LogP contribution in [0.5, 0.6) is 0 Å².